The molecule has 1 aromatic heterocycles. The Hall–Kier alpha value is -1.56. The third-order valence-electron chi connectivity index (χ3n) is 4.48. The second kappa shape index (κ2) is 6.69. The van der Waals surface area contributed by atoms with Crippen LogP contribution in [0.3, 0.4) is 0 Å². The van der Waals surface area contributed by atoms with Gasteiger partial charge in [-0.1, -0.05) is 0 Å². The molecular formula is C16H27N5O. The van der Waals surface area contributed by atoms with E-state index >= 15 is 0 Å². The second-order valence-electron chi connectivity index (χ2n) is 6.85. The molecule has 22 heavy (non-hydrogen) atoms. The summed E-state index contributed by atoms with van der Waals surface area (Å²) in [6, 6.07) is 0.186. The topological polar surface area (TPSA) is 53.4 Å². The Morgan fingerprint density at radius 2 is 2.14 bits per heavy atom. The van der Waals surface area contributed by atoms with E-state index in [2.05, 4.69) is 19.8 Å². The van der Waals surface area contributed by atoms with Crippen LogP contribution in [-0.2, 0) is 13.1 Å². The average molecular weight is 305 g/mol. The van der Waals surface area contributed by atoms with Crippen molar-refractivity contribution in [3.05, 3.63) is 18.2 Å². The predicted octanol–water partition coefficient (Wildman–Crippen LogP) is 1.53. The molecule has 3 rings (SSSR count). The van der Waals surface area contributed by atoms with Crippen molar-refractivity contribution in [2.24, 2.45) is 5.92 Å². The molecule has 1 saturated heterocycles. The molecule has 6 heteroatoms. The number of nitrogens with one attached hydrogen (secondary N) is 1. The Bertz CT molecular complexity index is 506. The summed E-state index contributed by atoms with van der Waals surface area (Å²) in [5, 5.41) is 3.01. The van der Waals surface area contributed by atoms with Gasteiger partial charge in [-0.2, -0.15) is 0 Å². The molecule has 0 aliphatic carbocycles. The van der Waals surface area contributed by atoms with Crippen LogP contribution in [-0.4, -0.2) is 57.6 Å². The number of amides is 2. The molecule has 0 unspecified atom stereocenters. The molecular weight excluding hydrogens is 278 g/mol. The van der Waals surface area contributed by atoms with Gasteiger partial charge in [0.05, 0.1) is 6.54 Å². The fraction of sp³-hybridized carbons (Fsp3) is 0.750. The number of hydrogen-bond acceptors (Lipinski definition) is 3. The summed E-state index contributed by atoms with van der Waals surface area (Å²) in [6.07, 6.45) is 6.49. The van der Waals surface area contributed by atoms with Gasteiger partial charge in [-0.05, 0) is 39.8 Å². The minimum absolute atomic E-state index is 0.0258. The summed E-state index contributed by atoms with van der Waals surface area (Å²) < 4.78 is 2.21. The molecule has 2 amide bonds. The number of likely N-dealkylation sites (tertiary alicyclic amines) is 1. The Morgan fingerprint density at radius 3 is 2.86 bits per heavy atom. The first-order chi connectivity index (χ1) is 10.6. The highest BCUT2D eigenvalue weighted by Crippen LogP contribution is 2.18. The number of nitrogens with zero attached hydrogens (tertiary/aromatic N) is 4. The summed E-state index contributed by atoms with van der Waals surface area (Å²) in [4.78, 5) is 21.3. The number of carbonyl (C=O) groups is 1. The monoisotopic (exact) mass is 305 g/mol. The first-order valence-corrected chi connectivity index (χ1v) is 8.39. The number of rotatable bonds is 3. The number of hydrogen-bond donors (Lipinski definition) is 1. The fourth-order valence-electron chi connectivity index (χ4n) is 3.48. The van der Waals surface area contributed by atoms with Crippen molar-refractivity contribution in [3.63, 3.8) is 0 Å². The lowest BCUT2D eigenvalue weighted by atomic mass is 10.1. The number of carbonyl (C=O) groups excluding carboxylic acids is 1. The van der Waals surface area contributed by atoms with E-state index in [1.165, 1.54) is 25.9 Å². The third kappa shape index (κ3) is 3.61. The molecule has 3 heterocycles. The molecule has 6 nitrogen and oxygen atoms in total. The van der Waals surface area contributed by atoms with Gasteiger partial charge in [0.1, 0.15) is 5.82 Å². The Labute approximate surface area is 132 Å². The molecule has 0 bridgehead atoms. The van der Waals surface area contributed by atoms with Gasteiger partial charge in [-0.25, -0.2) is 9.78 Å². The van der Waals surface area contributed by atoms with Crippen LogP contribution in [0.15, 0.2) is 12.4 Å². The fourth-order valence-corrected chi connectivity index (χ4v) is 3.48. The highest BCUT2D eigenvalue weighted by atomic mass is 16.2. The lowest BCUT2D eigenvalue weighted by Gasteiger charge is -2.27. The van der Waals surface area contributed by atoms with Gasteiger partial charge in [-0.15, -0.1) is 0 Å². The van der Waals surface area contributed by atoms with Gasteiger partial charge in [0.15, 0.2) is 0 Å². The van der Waals surface area contributed by atoms with Crippen LogP contribution in [0.1, 0.15) is 32.5 Å². The second-order valence-corrected chi connectivity index (χ2v) is 6.85. The van der Waals surface area contributed by atoms with Crippen molar-refractivity contribution >= 4 is 6.03 Å². The standard InChI is InChI=1S/C16H27N5O/c1-13(2)18-16(22)21-11-14(9-19-6-3-4-7-19)10-20-8-5-17-15(20)12-21/h5,8,13-14H,3-4,6-7,9-12H2,1-2H3,(H,18,22)/t14-/m1/s1. The summed E-state index contributed by atoms with van der Waals surface area (Å²) in [7, 11) is 0. The Morgan fingerprint density at radius 1 is 1.36 bits per heavy atom. The van der Waals surface area contributed by atoms with Crippen molar-refractivity contribution in [3.8, 4) is 0 Å². The average Bonchev–Trinajstić information content (AvgIpc) is 3.07. The molecule has 0 radical (unpaired) electrons. The minimum atomic E-state index is 0.0258. The maximum atomic E-state index is 12.4. The van der Waals surface area contributed by atoms with Crippen molar-refractivity contribution in [2.45, 2.75) is 45.8 Å². The van der Waals surface area contributed by atoms with Crippen molar-refractivity contribution in [1.82, 2.24) is 24.7 Å². The van der Waals surface area contributed by atoms with Crippen LogP contribution in [0.2, 0.25) is 0 Å². The highest BCUT2D eigenvalue weighted by molar-refractivity contribution is 5.74. The first-order valence-electron chi connectivity index (χ1n) is 8.39. The van der Waals surface area contributed by atoms with E-state index in [0.717, 1.165) is 25.5 Å². The molecule has 0 spiro atoms. The minimum Gasteiger partial charge on any atom is -0.336 e. The maximum Gasteiger partial charge on any atom is 0.318 e. The van der Waals surface area contributed by atoms with Crippen molar-refractivity contribution in [1.29, 1.82) is 0 Å². The molecule has 1 aromatic rings. The van der Waals surface area contributed by atoms with Crippen LogP contribution in [0.5, 0.6) is 0 Å². The summed E-state index contributed by atoms with van der Waals surface area (Å²) in [5.41, 5.74) is 0. The number of aromatic nitrogens is 2. The smallest absolute Gasteiger partial charge is 0.318 e. The van der Waals surface area contributed by atoms with Crippen LogP contribution in [0, 0.1) is 5.92 Å². The summed E-state index contributed by atoms with van der Waals surface area (Å²) >= 11 is 0. The highest BCUT2D eigenvalue weighted by Gasteiger charge is 2.27. The Balaban J connectivity index is 1.72. The van der Waals surface area contributed by atoms with Crippen LogP contribution in [0.4, 0.5) is 4.79 Å². The number of urea groups is 1. The van der Waals surface area contributed by atoms with E-state index in [-0.39, 0.29) is 12.1 Å². The predicted molar refractivity (Wildman–Crippen MR) is 85.5 cm³/mol. The van der Waals surface area contributed by atoms with Gasteiger partial charge in [0.25, 0.3) is 0 Å². The molecule has 1 N–H and O–H groups in total. The largest absolute Gasteiger partial charge is 0.336 e. The van der Waals surface area contributed by atoms with Crippen molar-refractivity contribution < 1.29 is 4.79 Å². The van der Waals surface area contributed by atoms with Crippen LogP contribution >= 0.6 is 0 Å². The molecule has 1 atom stereocenters. The number of imidazole rings is 1. The Kier molecular flexibility index (Phi) is 4.66. The quantitative estimate of drug-likeness (QED) is 0.921. The number of fused-ring (bicyclic) bond motifs is 1. The van der Waals surface area contributed by atoms with E-state index in [4.69, 9.17) is 0 Å². The summed E-state index contributed by atoms with van der Waals surface area (Å²) in [5.74, 6) is 1.45. The lowest BCUT2D eigenvalue weighted by molar-refractivity contribution is 0.172. The lowest BCUT2D eigenvalue weighted by Crippen LogP contribution is -2.45. The third-order valence-corrected chi connectivity index (χ3v) is 4.48. The SMILES string of the molecule is CC(C)NC(=O)N1Cc2nccn2C[C@@H](CN2CCCC2)C1. The zero-order valence-corrected chi connectivity index (χ0v) is 13.7. The molecule has 2 aliphatic rings. The molecule has 122 valence electrons. The molecule has 1 fully saturated rings. The van der Waals surface area contributed by atoms with Crippen LogP contribution in [0.25, 0.3) is 0 Å². The van der Waals surface area contributed by atoms with E-state index in [0.29, 0.717) is 12.5 Å². The van der Waals surface area contributed by atoms with Gasteiger partial charge < -0.3 is 19.7 Å². The zero-order valence-electron chi connectivity index (χ0n) is 13.7. The molecule has 0 saturated carbocycles. The normalized spacial score (nSPS) is 22.7. The maximum absolute atomic E-state index is 12.4. The van der Waals surface area contributed by atoms with E-state index in [9.17, 15) is 4.79 Å². The van der Waals surface area contributed by atoms with Gasteiger partial charge in [0.2, 0.25) is 0 Å². The molecule has 2 aliphatic heterocycles. The van der Waals surface area contributed by atoms with Crippen LogP contribution < -0.4 is 5.32 Å². The van der Waals surface area contributed by atoms with Crippen molar-refractivity contribution in [2.75, 3.05) is 26.2 Å². The first kappa shape index (κ1) is 15.3. The van der Waals surface area contributed by atoms with E-state index in [1.807, 2.05) is 31.1 Å². The molecule has 0 aromatic carbocycles. The van der Waals surface area contributed by atoms with E-state index in [1.54, 1.807) is 0 Å². The summed E-state index contributed by atoms with van der Waals surface area (Å²) in [6.45, 7) is 9.83. The zero-order chi connectivity index (χ0) is 15.5. The van der Waals surface area contributed by atoms with Gasteiger partial charge >= 0.3 is 6.03 Å². The van der Waals surface area contributed by atoms with Gasteiger partial charge in [-0.3, -0.25) is 0 Å². The van der Waals surface area contributed by atoms with E-state index < -0.39 is 0 Å². The van der Waals surface area contributed by atoms with Gasteiger partial charge in [0, 0.05) is 44.0 Å².